The topological polar surface area (TPSA) is 81.4 Å². The minimum absolute atomic E-state index is 0.0244. The van der Waals surface area contributed by atoms with Crippen molar-refractivity contribution >= 4 is 23.5 Å². The normalized spacial score (nSPS) is 13.1. The van der Waals surface area contributed by atoms with Crippen LogP contribution in [0.2, 0.25) is 5.02 Å². The number of benzene rings is 1. The van der Waals surface area contributed by atoms with Crippen LogP contribution in [-0.2, 0) is 16.1 Å². The molecule has 1 N–H and O–H groups in total. The molecule has 0 aliphatic carbocycles. The Bertz CT molecular complexity index is 727. The highest BCUT2D eigenvalue weighted by atomic mass is 35.5. The van der Waals surface area contributed by atoms with Crippen molar-refractivity contribution in [2.45, 2.75) is 39.8 Å². The Labute approximate surface area is 151 Å². The van der Waals surface area contributed by atoms with Crippen molar-refractivity contribution in [1.29, 1.82) is 0 Å². The van der Waals surface area contributed by atoms with Gasteiger partial charge in [0.1, 0.15) is 6.04 Å². The second-order valence-corrected chi connectivity index (χ2v) is 6.32. The Kier molecular flexibility index (Phi) is 6.58. The van der Waals surface area contributed by atoms with Crippen LogP contribution < -0.4 is 5.32 Å². The highest BCUT2D eigenvalue weighted by Gasteiger charge is 2.28. The first-order chi connectivity index (χ1) is 11.9. The number of aryl methyl sites for hydroxylation is 1. The molecule has 1 aromatic heterocycles. The number of hydrogen-bond acceptors (Lipinski definition) is 5. The summed E-state index contributed by atoms with van der Waals surface area (Å²) in [6, 6.07) is 7.40. The van der Waals surface area contributed by atoms with Crippen molar-refractivity contribution in [2.24, 2.45) is 5.92 Å². The molecule has 2 rings (SSSR count). The smallest absolute Gasteiger partial charge is 0.329 e. The van der Waals surface area contributed by atoms with Crippen LogP contribution >= 0.6 is 11.6 Å². The summed E-state index contributed by atoms with van der Waals surface area (Å²) in [6.45, 7) is 5.58. The Morgan fingerprint density at radius 2 is 2.00 bits per heavy atom. The summed E-state index contributed by atoms with van der Waals surface area (Å²) in [4.78, 5) is 24.8. The number of halogens is 1. The van der Waals surface area contributed by atoms with Crippen LogP contribution in [0.1, 0.15) is 42.1 Å². The van der Waals surface area contributed by atoms with Gasteiger partial charge in [-0.2, -0.15) is 0 Å². The van der Waals surface area contributed by atoms with E-state index in [-0.39, 0.29) is 18.4 Å². The van der Waals surface area contributed by atoms with Crippen molar-refractivity contribution in [2.75, 3.05) is 0 Å². The Balaban J connectivity index is 2.02. The van der Waals surface area contributed by atoms with E-state index in [0.29, 0.717) is 28.5 Å². The molecular formula is C18H21ClN2O4. The molecule has 1 heterocycles. The zero-order chi connectivity index (χ0) is 18.4. The largest absolute Gasteiger partial charge is 0.456 e. The standard InChI is InChI=1S/C18H21ClN2O4/c1-4-11(2)16(18(23)24-10-15-9-12(3)21-25-15)20-17(22)13-5-7-14(19)8-6-13/h5-9,11,16H,4,10H2,1-3H3,(H,20,22)/t11-,16+/m0/s1. The Hall–Kier alpha value is -2.34. The number of rotatable bonds is 7. The van der Waals surface area contributed by atoms with E-state index in [2.05, 4.69) is 10.5 Å². The summed E-state index contributed by atoms with van der Waals surface area (Å²) >= 11 is 5.83. The molecule has 1 aromatic carbocycles. The predicted molar refractivity (Wildman–Crippen MR) is 93.2 cm³/mol. The van der Waals surface area contributed by atoms with Gasteiger partial charge in [0.25, 0.3) is 5.91 Å². The zero-order valence-corrected chi connectivity index (χ0v) is 15.2. The number of ether oxygens (including phenoxy) is 1. The number of nitrogens with zero attached hydrogens (tertiary/aromatic N) is 1. The Morgan fingerprint density at radius 1 is 1.32 bits per heavy atom. The van der Waals surface area contributed by atoms with E-state index in [4.69, 9.17) is 20.9 Å². The number of amides is 1. The third kappa shape index (κ3) is 5.32. The second kappa shape index (κ2) is 8.67. The number of nitrogens with one attached hydrogen (secondary N) is 1. The first-order valence-electron chi connectivity index (χ1n) is 8.06. The van der Waals surface area contributed by atoms with Gasteiger partial charge in [-0.1, -0.05) is 37.0 Å². The number of aromatic nitrogens is 1. The molecule has 0 saturated carbocycles. The second-order valence-electron chi connectivity index (χ2n) is 5.89. The molecule has 0 radical (unpaired) electrons. The van der Waals surface area contributed by atoms with Crippen molar-refractivity contribution in [1.82, 2.24) is 10.5 Å². The fourth-order valence-electron chi connectivity index (χ4n) is 2.21. The third-order valence-electron chi connectivity index (χ3n) is 3.89. The lowest BCUT2D eigenvalue weighted by molar-refractivity contribution is -0.149. The van der Waals surface area contributed by atoms with Crippen LogP contribution in [-0.4, -0.2) is 23.1 Å². The third-order valence-corrected chi connectivity index (χ3v) is 4.15. The molecule has 2 aromatic rings. The van der Waals surface area contributed by atoms with Gasteiger partial charge in [-0.25, -0.2) is 4.79 Å². The van der Waals surface area contributed by atoms with Gasteiger partial charge in [0, 0.05) is 16.7 Å². The lowest BCUT2D eigenvalue weighted by Gasteiger charge is -2.22. The fourth-order valence-corrected chi connectivity index (χ4v) is 2.34. The van der Waals surface area contributed by atoms with Gasteiger partial charge in [0.15, 0.2) is 12.4 Å². The van der Waals surface area contributed by atoms with Crippen LogP contribution in [0.5, 0.6) is 0 Å². The van der Waals surface area contributed by atoms with Crippen LogP contribution in [0, 0.1) is 12.8 Å². The molecule has 134 valence electrons. The summed E-state index contributed by atoms with van der Waals surface area (Å²) in [6.07, 6.45) is 0.710. The molecule has 7 heteroatoms. The molecule has 0 bridgehead atoms. The lowest BCUT2D eigenvalue weighted by atomic mass is 9.99. The predicted octanol–water partition coefficient (Wildman–Crippen LogP) is 3.52. The molecule has 0 unspecified atom stereocenters. The molecule has 0 saturated heterocycles. The number of hydrogen-bond donors (Lipinski definition) is 1. The van der Waals surface area contributed by atoms with E-state index in [1.165, 1.54) is 0 Å². The highest BCUT2D eigenvalue weighted by molar-refractivity contribution is 6.30. The average molecular weight is 365 g/mol. The maximum atomic E-state index is 12.4. The minimum Gasteiger partial charge on any atom is -0.456 e. The maximum absolute atomic E-state index is 12.4. The van der Waals surface area contributed by atoms with Gasteiger partial charge in [-0.3, -0.25) is 4.79 Å². The molecule has 6 nitrogen and oxygen atoms in total. The maximum Gasteiger partial charge on any atom is 0.329 e. The summed E-state index contributed by atoms with van der Waals surface area (Å²) in [5.74, 6) is -0.488. The molecule has 2 atom stereocenters. The van der Waals surface area contributed by atoms with Gasteiger partial charge in [-0.15, -0.1) is 0 Å². The monoisotopic (exact) mass is 364 g/mol. The Morgan fingerprint density at radius 3 is 2.56 bits per heavy atom. The van der Waals surface area contributed by atoms with Gasteiger partial charge >= 0.3 is 5.97 Å². The fraction of sp³-hybridized carbons (Fsp3) is 0.389. The van der Waals surface area contributed by atoms with Crippen LogP contribution in [0.15, 0.2) is 34.9 Å². The summed E-state index contributed by atoms with van der Waals surface area (Å²) < 4.78 is 10.3. The summed E-state index contributed by atoms with van der Waals surface area (Å²) in [5.41, 5.74) is 1.14. The van der Waals surface area contributed by atoms with Gasteiger partial charge < -0.3 is 14.6 Å². The van der Waals surface area contributed by atoms with Crippen LogP contribution in [0.3, 0.4) is 0 Å². The highest BCUT2D eigenvalue weighted by Crippen LogP contribution is 2.14. The van der Waals surface area contributed by atoms with E-state index >= 15 is 0 Å². The molecular weight excluding hydrogens is 344 g/mol. The minimum atomic E-state index is -0.753. The van der Waals surface area contributed by atoms with Crippen molar-refractivity contribution in [3.05, 3.63) is 52.4 Å². The van der Waals surface area contributed by atoms with E-state index < -0.39 is 12.0 Å². The summed E-state index contributed by atoms with van der Waals surface area (Å²) in [7, 11) is 0. The van der Waals surface area contributed by atoms with Gasteiger partial charge in [0.2, 0.25) is 0 Å². The first-order valence-corrected chi connectivity index (χ1v) is 8.43. The molecule has 25 heavy (non-hydrogen) atoms. The van der Waals surface area contributed by atoms with Gasteiger partial charge in [-0.05, 0) is 37.1 Å². The first kappa shape index (κ1) is 19.0. The van der Waals surface area contributed by atoms with Crippen molar-refractivity contribution in [3.8, 4) is 0 Å². The van der Waals surface area contributed by atoms with Crippen LogP contribution in [0.4, 0.5) is 0 Å². The number of carbonyl (C=O) groups excluding carboxylic acids is 2. The summed E-state index contributed by atoms with van der Waals surface area (Å²) in [5, 5.41) is 7.02. The van der Waals surface area contributed by atoms with Crippen LogP contribution in [0.25, 0.3) is 0 Å². The average Bonchev–Trinajstić information content (AvgIpc) is 3.02. The number of esters is 1. The van der Waals surface area contributed by atoms with Crippen molar-refractivity contribution < 1.29 is 18.8 Å². The number of carbonyl (C=O) groups is 2. The van der Waals surface area contributed by atoms with E-state index in [1.807, 2.05) is 13.8 Å². The molecule has 0 aliphatic rings. The SMILES string of the molecule is CC[C@H](C)[C@@H](NC(=O)c1ccc(Cl)cc1)C(=O)OCc1cc(C)no1. The van der Waals surface area contributed by atoms with E-state index in [0.717, 1.165) is 0 Å². The van der Waals surface area contributed by atoms with Crippen molar-refractivity contribution in [3.63, 3.8) is 0 Å². The molecule has 0 fully saturated rings. The molecule has 0 spiro atoms. The van der Waals surface area contributed by atoms with E-state index in [1.54, 1.807) is 37.3 Å². The quantitative estimate of drug-likeness (QED) is 0.760. The zero-order valence-electron chi connectivity index (χ0n) is 14.4. The lowest BCUT2D eigenvalue weighted by Crippen LogP contribution is -2.45. The molecule has 1 amide bonds. The molecule has 0 aliphatic heterocycles. The van der Waals surface area contributed by atoms with E-state index in [9.17, 15) is 9.59 Å². The van der Waals surface area contributed by atoms with Gasteiger partial charge in [0.05, 0.1) is 5.69 Å².